The van der Waals surface area contributed by atoms with Gasteiger partial charge in [-0.15, -0.1) is 0 Å². The molecule has 190 valence electrons. The van der Waals surface area contributed by atoms with Crippen molar-refractivity contribution in [2.24, 2.45) is 23.1 Å². The van der Waals surface area contributed by atoms with Crippen LogP contribution in [0, 0.1) is 5.92 Å². The lowest BCUT2D eigenvalue weighted by atomic mass is 10.0. The van der Waals surface area contributed by atoms with E-state index in [1.807, 2.05) is 13.8 Å². The Hall–Kier alpha value is -2.38. The second kappa shape index (κ2) is 16.3. The summed E-state index contributed by atoms with van der Waals surface area (Å²) in [6.07, 6.45) is 1.58. The molecule has 0 bridgehead atoms. The molecule has 10 N–H and O–H groups in total. The SMILES string of the molecule is CC(C)CC(NC(=O)C(N)CCC(N)=O)C(=O)NC(CCCCN)C(=O)NC(CS)C(=O)O. The Bertz CT molecular complexity index is 677. The van der Waals surface area contributed by atoms with Crippen molar-refractivity contribution in [3.8, 4) is 0 Å². The van der Waals surface area contributed by atoms with Crippen molar-refractivity contribution in [1.29, 1.82) is 0 Å². The molecule has 0 heterocycles. The molecule has 13 heteroatoms. The molecule has 0 aliphatic rings. The van der Waals surface area contributed by atoms with E-state index in [1.165, 1.54) is 0 Å². The van der Waals surface area contributed by atoms with Crippen LogP contribution >= 0.6 is 12.6 Å². The zero-order chi connectivity index (χ0) is 25.6. The van der Waals surface area contributed by atoms with Crippen LogP contribution in [-0.4, -0.2) is 71.2 Å². The summed E-state index contributed by atoms with van der Waals surface area (Å²) in [6, 6.07) is -4.26. The second-order valence-electron chi connectivity index (χ2n) is 8.23. The molecule has 4 amide bonds. The molecule has 0 radical (unpaired) electrons. The maximum absolute atomic E-state index is 13.0. The van der Waals surface area contributed by atoms with Gasteiger partial charge in [0.25, 0.3) is 0 Å². The molecule has 33 heavy (non-hydrogen) atoms. The third kappa shape index (κ3) is 13.0. The number of nitrogens with two attached hydrogens (primary N) is 3. The fraction of sp³-hybridized carbons (Fsp3) is 0.750. The Kier molecular flexibility index (Phi) is 15.1. The fourth-order valence-electron chi connectivity index (χ4n) is 2.90. The smallest absolute Gasteiger partial charge is 0.327 e. The van der Waals surface area contributed by atoms with E-state index < -0.39 is 53.8 Å². The zero-order valence-electron chi connectivity index (χ0n) is 19.2. The van der Waals surface area contributed by atoms with Crippen molar-refractivity contribution in [1.82, 2.24) is 16.0 Å². The van der Waals surface area contributed by atoms with Gasteiger partial charge < -0.3 is 38.3 Å². The Labute approximate surface area is 199 Å². The highest BCUT2D eigenvalue weighted by molar-refractivity contribution is 7.80. The number of nitrogens with one attached hydrogen (secondary N) is 3. The minimum atomic E-state index is -1.25. The molecule has 0 fully saturated rings. The second-order valence-corrected chi connectivity index (χ2v) is 8.59. The highest BCUT2D eigenvalue weighted by atomic mass is 32.1. The lowest BCUT2D eigenvalue weighted by Crippen LogP contribution is -2.57. The van der Waals surface area contributed by atoms with Gasteiger partial charge in [-0.25, -0.2) is 4.79 Å². The van der Waals surface area contributed by atoms with E-state index in [1.54, 1.807) is 0 Å². The number of rotatable bonds is 17. The molecule has 0 rings (SSSR count). The molecule has 0 aromatic rings. The lowest BCUT2D eigenvalue weighted by Gasteiger charge is -2.26. The first-order valence-corrected chi connectivity index (χ1v) is 11.5. The van der Waals surface area contributed by atoms with Crippen LogP contribution in [0.1, 0.15) is 52.4 Å². The average Bonchev–Trinajstić information content (AvgIpc) is 2.73. The van der Waals surface area contributed by atoms with E-state index >= 15 is 0 Å². The van der Waals surface area contributed by atoms with Crippen LogP contribution in [0.4, 0.5) is 0 Å². The summed E-state index contributed by atoms with van der Waals surface area (Å²) in [5, 5.41) is 16.7. The number of carboxylic acid groups (broad SMARTS) is 1. The predicted molar refractivity (Wildman–Crippen MR) is 126 cm³/mol. The standard InChI is InChI=1S/C20H38N6O6S/c1-11(2)9-14(25-17(28)12(22)6-7-16(23)27)19(30)24-13(5-3-4-8-21)18(29)26-15(10-33)20(31)32/h11-15,33H,3-10,21-22H2,1-2H3,(H2,23,27)(H,24,30)(H,25,28)(H,26,29)(H,31,32). The van der Waals surface area contributed by atoms with Gasteiger partial charge in [0.05, 0.1) is 6.04 Å². The third-order valence-electron chi connectivity index (χ3n) is 4.76. The van der Waals surface area contributed by atoms with Crippen LogP contribution in [0.2, 0.25) is 0 Å². The number of aliphatic carboxylic acids is 1. The zero-order valence-corrected chi connectivity index (χ0v) is 20.1. The van der Waals surface area contributed by atoms with Gasteiger partial charge in [0.1, 0.15) is 18.1 Å². The number of carbonyl (C=O) groups is 5. The third-order valence-corrected chi connectivity index (χ3v) is 5.12. The molecule has 0 aromatic carbocycles. The van der Waals surface area contributed by atoms with Crippen LogP contribution < -0.4 is 33.2 Å². The minimum Gasteiger partial charge on any atom is -0.480 e. The number of thiol groups is 1. The van der Waals surface area contributed by atoms with Gasteiger partial charge in [0.2, 0.25) is 23.6 Å². The van der Waals surface area contributed by atoms with Crippen molar-refractivity contribution >= 4 is 42.2 Å². The summed E-state index contributed by atoms with van der Waals surface area (Å²) in [7, 11) is 0. The number of carbonyl (C=O) groups excluding carboxylic acids is 4. The van der Waals surface area contributed by atoms with Crippen LogP contribution in [-0.2, 0) is 24.0 Å². The Morgan fingerprint density at radius 2 is 1.42 bits per heavy atom. The first kappa shape index (κ1) is 30.6. The molecule has 0 spiro atoms. The minimum absolute atomic E-state index is 0.0213. The van der Waals surface area contributed by atoms with Crippen LogP contribution in [0.15, 0.2) is 0 Å². The normalized spacial score (nSPS) is 14.6. The molecular weight excluding hydrogens is 452 g/mol. The Morgan fingerprint density at radius 1 is 0.879 bits per heavy atom. The summed E-state index contributed by atoms with van der Waals surface area (Å²) in [4.78, 5) is 60.2. The van der Waals surface area contributed by atoms with E-state index in [9.17, 15) is 24.0 Å². The van der Waals surface area contributed by atoms with E-state index in [2.05, 4.69) is 28.6 Å². The van der Waals surface area contributed by atoms with Crippen LogP contribution in [0.3, 0.4) is 0 Å². The highest BCUT2D eigenvalue weighted by Crippen LogP contribution is 2.09. The van der Waals surface area contributed by atoms with E-state index in [0.29, 0.717) is 19.4 Å². The molecule has 0 saturated carbocycles. The highest BCUT2D eigenvalue weighted by Gasteiger charge is 2.30. The van der Waals surface area contributed by atoms with Crippen molar-refractivity contribution < 1.29 is 29.1 Å². The predicted octanol–water partition coefficient (Wildman–Crippen LogP) is -1.78. The largest absolute Gasteiger partial charge is 0.480 e. The summed E-state index contributed by atoms with van der Waals surface area (Å²) >= 11 is 3.92. The van der Waals surface area contributed by atoms with Gasteiger partial charge >= 0.3 is 5.97 Å². The molecule has 4 unspecified atom stereocenters. The van der Waals surface area contributed by atoms with Crippen molar-refractivity contribution in [3.63, 3.8) is 0 Å². The van der Waals surface area contributed by atoms with Crippen LogP contribution in [0.25, 0.3) is 0 Å². The summed E-state index contributed by atoms with van der Waals surface area (Å²) in [5.41, 5.74) is 16.4. The van der Waals surface area contributed by atoms with E-state index in [-0.39, 0.29) is 37.4 Å². The molecular formula is C20H38N6O6S. The van der Waals surface area contributed by atoms with Gasteiger partial charge in [-0.3, -0.25) is 19.2 Å². The first-order chi connectivity index (χ1) is 15.4. The monoisotopic (exact) mass is 490 g/mol. The average molecular weight is 491 g/mol. The number of amides is 4. The van der Waals surface area contributed by atoms with Gasteiger partial charge in [-0.1, -0.05) is 13.8 Å². The molecule has 0 aliphatic carbocycles. The number of unbranched alkanes of at least 4 members (excludes halogenated alkanes) is 1. The van der Waals surface area contributed by atoms with Crippen LogP contribution in [0.5, 0.6) is 0 Å². The summed E-state index contributed by atoms with van der Waals surface area (Å²) < 4.78 is 0. The molecule has 4 atom stereocenters. The Balaban J connectivity index is 5.39. The maximum Gasteiger partial charge on any atom is 0.327 e. The quantitative estimate of drug-likeness (QED) is 0.0858. The van der Waals surface area contributed by atoms with E-state index in [4.69, 9.17) is 22.3 Å². The fourth-order valence-corrected chi connectivity index (χ4v) is 3.15. The van der Waals surface area contributed by atoms with Crippen molar-refractivity contribution in [2.75, 3.05) is 12.3 Å². The molecule has 0 saturated heterocycles. The molecule has 12 nitrogen and oxygen atoms in total. The number of carboxylic acids is 1. The van der Waals surface area contributed by atoms with Crippen molar-refractivity contribution in [3.05, 3.63) is 0 Å². The number of hydrogen-bond acceptors (Lipinski definition) is 8. The van der Waals surface area contributed by atoms with Crippen molar-refractivity contribution in [2.45, 2.75) is 76.5 Å². The van der Waals surface area contributed by atoms with Gasteiger partial charge in [0, 0.05) is 12.2 Å². The van der Waals surface area contributed by atoms with Gasteiger partial charge in [-0.2, -0.15) is 12.6 Å². The Morgan fingerprint density at radius 3 is 1.91 bits per heavy atom. The lowest BCUT2D eigenvalue weighted by molar-refractivity contribution is -0.141. The topological polar surface area (TPSA) is 220 Å². The molecule has 0 aromatic heterocycles. The molecule has 0 aliphatic heterocycles. The summed E-state index contributed by atoms with van der Waals surface area (Å²) in [6.45, 7) is 4.11. The van der Waals surface area contributed by atoms with Gasteiger partial charge in [-0.05, 0) is 44.6 Å². The van der Waals surface area contributed by atoms with Gasteiger partial charge in [0.15, 0.2) is 0 Å². The van der Waals surface area contributed by atoms with E-state index in [0.717, 1.165) is 0 Å². The number of hydrogen-bond donors (Lipinski definition) is 8. The maximum atomic E-state index is 13.0. The summed E-state index contributed by atoms with van der Waals surface area (Å²) in [5.74, 6) is -3.85. The number of primary amides is 1. The first-order valence-electron chi connectivity index (χ1n) is 10.9.